The third-order valence-corrected chi connectivity index (χ3v) is 4.88. The quantitative estimate of drug-likeness (QED) is 0.593. The molecule has 0 spiro atoms. The van der Waals surface area contributed by atoms with Gasteiger partial charge in [0.05, 0.1) is 6.04 Å². The van der Waals surface area contributed by atoms with Crippen LogP contribution >= 0.6 is 11.8 Å². The number of nitrogens with zero attached hydrogens (tertiary/aromatic N) is 3. The Labute approximate surface area is 151 Å². The molecule has 0 N–H and O–H groups in total. The standard InChI is InChI=1S/C19H20FN3OS/c1-13(23(2)12-14-4-10-17(25-3)11-5-14)18-21-22-19(24-18)15-6-8-16(20)9-7-15/h4-11,13H,12H2,1-3H3/t13-/m1/s1. The van der Waals surface area contributed by atoms with Gasteiger partial charge in [0.1, 0.15) is 5.82 Å². The summed E-state index contributed by atoms with van der Waals surface area (Å²) in [6.45, 7) is 2.81. The lowest BCUT2D eigenvalue weighted by molar-refractivity contribution is 0.218. The lowest BCUT2D eigenvalue weighted by Crippen LogP contribution is -2.22. The highest BCUT2D eigenvalue weighted by atomic mass is 32.2. The third-order valence-electron chi connectivity index (χ3n) is 4.14. The molecule has 2 aromatic carbocycles. The summed E-state index contributed by atoms with van der Waals surface area (Å²) >= 11 is 1.73. The van der Waals surface area contributed by atoms with Gasteiger partial charge in [0.15, 0.2) is 0 Å². The van der Waals surface area contributed by atoms with Crippen molar-refractivity contribution in [3.8, 4) is 11.5 Å². The van der Waals surface area contributed by atoms with Crippen LogP contribution in [0.25, 0.3) is 11.5 Å². The minimum absolute atomic E-state index is 0.0260. The second-order valence-electron chi connectivity index (χ2n) is 5.89. The second kappa shape index (κ2) is 7.80. The second-order valence-corrected chi connectivity index (χ2v) is 6.77. The molecule has 0 saturated heterocycles. The molecule has 0 fully saturated rings. The van der Waals surface area contributed by atoms with Gasteiger partial charge in [-0.1, -0.05) is 12.1 Å². The fourth-order valence-electron chi connectivity index (χ4n) is 2.46. The first-order chi connectivity index (χ1) is 12.1. The summed E-state index contributed by atoms with van der Waals surface area (Å²) in [6, 6.07) is 14.5. The molecule has 1 atom stereocenters. The highest BCUT2D eigenvalue weighted by molar-refractivity contribution is 7.98. The van der Waals surface area contributed by atoms with Crippen molar-refractivity contribution in [2.45, 2.75) is 24.4 Å². The van der Waals surface area contributed by atoms with Crippen LogP contribution in [0, 0.1) is 5.82 Å². The van der Waals surface area contributed by atoms with E-state index in [9.17, 15) is 4.39 Å². The van der Waals surface area contributed by atoms with Crippen LogP contribution in [0.1, 0.15) is 24.4 Å². The van der Waals surface area contributed by atoms with Crippen molar-refractivity contribution >= 4 is 11.8 Å². The van der Waals surface area contributed by atoms with Crippen LogP contribution < -0.4 is 0 Å². The molecule has 0 aliphatic carbocycles. The van der Waals surface area contributed by atoms with E-state index >= 15 is 0 Å². The van der Waals surface area contributed by atoms with Crippen LogP contribution in [-0.4, -0.2) is 28.4 Å². The zero-order valence-corrected chi connectivity index (χ0v) is 15.3. The average Bonchev–Trinajstić information content (AvgIpc) is 3.12. The summed E-state index contributed by atoms with van der Waals surface area (Å²) in [5.74, 6) is 0.659. The van der Waals surface area contributed by atoms with E-state index in [0.717, 1.165) is 6.54 Å². The number of hydrogen-bond acceptors (Lipinski definition) is 5. The Bertz CT molecular complexity index is 817. The minimum atomic E-state index is -0.288. The summed E-state index contributed by atoms with van der Waals surface area (Å²) in [5, 5.41) is 8.23. The molecule has 0 aliphatic heterocycles. The minimum Gasteiger partial charge on any atom is -0.419 e. The maximum atomic E-state index is 13.0. The predicted molar refractivity (Wildman–Crippen MR) is 97.8 cm³/mol. The van der Waals surface area contributed by atoms with Gasteiger partial charge in [0.25, 0.3) is 0 Å². The van der Waals surface area contributed by atoms with Gasteiger partial charge in [-0.2, -0.15) is 0 Å². The SMILES string of the molecule is CSc1ccc(CN(C)[C@H](C)c2nnc(-c3ccc(F)cc3)o2)cc1. The van der Waals surface area contributed by atoms with E-state index in [2.05, 4.69) is 45.6 Å². The van der Waals surface area contributed by atoms with Gasteiger partial charge in [-0.3, -0.25) is 4.90 Å². The molecule has 0 aliphatic rings. The summed E-state index contributed by atoms with van der Waals surface area (Å²) in [6.07, 6.45) is 2.07. The molecule has 4 nitrogen and oxygen atoms in total. The number of hydrogen-bond donors (Lipinski definition) is 0. The van der Waals surface area contributed by atoms with E-state index < -0.39 is 0 Å². The molecule has 0 saturated carbocycles. The van der Waals surface area contributed by atoms with E-state index in [0.29, 0.717) is 17.3 Å². The lowest BCUT2D eigenvalue weighted by Gasteiger charge is -2.21. The first-order valence-corrected chi connectivity index (χ1v) is 9.22. The van der Waals surface area contributed by atoms with Crippen LogP contribution in [0.2, 0.25) is 0 Å². The molecule has 0 radical (unpaired) electrons. The molecular weight excluding hydrogens is 337 g/mol. The van der Waals surface area contributed by atoms with Gasteiger partial charge in [-0.25, -0.2) is 4.39 Å². The van der Waals surface area contributed by atoms with Crippen molar-refractivity contribution in [1.29, 1.82) is 0 Å². The number of benzene rings is 2. The predicted octanol–water partition coefficient (Wildman–Crippen LogP) is 4.79. The maximum Gasteiger partial charge on any atom is 0.247 e. The Kier molecular flexibility index (Phi) is 5.50. The fraction of sp³-hybridized carbons (Fsp3) is 0.263. The molecule has 3 rings (SSSR count). The van der Waals surface area contributed by atoms with Crippen molar-refractivity contribution < 1.29 is 8.81 Å². The van der Waals surface area contributed by atoms with E-state index in [1.54, 1.807) is 23.9 Å². The van der Waals surface area contributed by atoms with Crippen molar-refractivity contribution in [2.24, 2.45) is 0 Å². The summed E-state index contributed by atoms with van der Waals surface area (Å²) in [5.41, 5.74) is 1.94. The molecule has 6 heteroatoms. The van der Waals surface area contributed by atoms with Gasteiger partial charge < -0.3 is 4.42 Å². The number of halogens is 1. The van der Waals surface area contributed by atoms with E-state index in [1.165, 1.54) is 22.6 Å². The van der Waals surface area contributed by atoms with Crippen LogP contribution in [0.4, 0.5) is 4.39 Å². The van der Waals surface area contributed by atoms with Crippen molar-refractivity contribution in [3.63, 3.8) is 0 Å². The molecule has 130 valence electrons. The Morgan fingerprint density at radius 2 is 1.76 bits per heavy atom. The molecular formula is C19H20FN3OS. The molecule has 1 heterocycles. The van der Waals surface area contributed by atoms with Crippen LogP contribution in [0.15, 0.2) is 57.8 Å². The summed E-state index contributed by atoms with van der Waals surface area (Å²) in [4.78, 5) is 3.40. The lowest BCUT2D eigenvalue weighted by atomic mass is 10.2. The van der Waals surface area contributed by atoms with Gasteiger partial charge in [-0.15, -0.1) is 22.0 Å². The maximum absolute atomic E-state index is 13.0. The first kappa shape index (κ1) is 17.6. The number of aromatic nitrogens is 2. The zero-order valence-electron chi connectivity index (χ0n) is 14.4. The molecule has 0 amide bonds. The Balaban J connectivity index is 1.69. The molecule has 1 aromatic heterocycles. The van der Waals surface area contributed by atoms with Crippen LogP contribution in [-0.2, 0) is 6.54 Å². The van der Waals surface area contributed by atoms with Crippen molar-refractivity contribution in [1.82, 2.24) is 15.1 Å². The molecule has 3 aromatic rings. The van der Waals surface area contributed by atoms with Crippen LogP contribution in [0.5, 0.6) is 0 Å². The largest absolute Gasteiger partial charge is 0.419 e. The summed E-state index contributed by atoms with van der Waals surface area (Å²) in [7, 11) is 2.02. The first-order valence-electron chi connectivity index (χ1n) is 7.99. The van der Waals surface area contributed by atoms with Crippen molar-refractivity contribution in [2.75, 3.05) is 13.3 Å². The monoisotopic (exact) mass is 357 g/mol. The molecule has 0 bridgehead atoms. The van der Waals surface area contributed by atoms with E-state index in [1.807, 2.05) is 14.0 Å². The van der Waals surface area contributed by atoms with Gasteiger partial charge >= 0.3 is 0 Å². The van der Waals surface area contributed by atoms with E-state index in [4.69, 9.17) is 4.42 Å². The fourth-order valence-corrected chi connectivity index (χ4v) is 2.87. The Hall–Kier alpha value is -2.18. The normalized spacial score (nSPS) is 12.5. The third kappa shape index (κ3) is 4.27. The zero-order chi connectivity index (χ0) is 17.8. The van der Waals surface area contributed by atoms with Gasteiger partial charge in [0, 0.05) is 17.0 Å². The highest BCUT2D eigenvalue weighted by Gasteiger charge is 2.19. The summed E-state index contributed by atoms with van der Waals surface area (Å²) < 4.78 is 18.8. The average molecular weight is 357 g/mol. The molecule has 0 unspecified atom stereocenters. The highest BCUT2D eigenvalue weighted by Crippen LogP contribution is 2.25. The smallest absolute Gasteiger partial charge is 0.247 e. The van der Waals surface area contributed by atoms with E-state index in [-0.39, 0.29) is 11.9 Å². The van der Waals surface area contributed by atoms with Crippen LogP contribution in [0.3, 0.4) is 0 Å². The Morgan fingerprint density at radius 3 is 2.40 bits per heavy atom. The van der Waals surface area contributed by atoms with Crippen molar-refractivity contribution in [3.05, 3.63) is 65.8 Å². The molecule has 25 heavy (non-hydrogen) atoms. The Morgan fingerprint density at radius 1 is 1.08 bits per heavy atom. The topological polar surface area (TPSA) is 42.2 Å². The van der Waals surface area contributed by atoms with Gasteiger partial charge in [0.2, 0.25) is 11.8 Å². The van der Waals surface area contributed by atoms with Gasteiger partial charge in [-0.05, 0) is 62.2 Å². The number of thioether (sulfide) groups is 1. The number of rotatable bonds is 6.